The molecule has 4 rings (SSSR count). The average molecular weight is 537 g/mol. The van der Waals surface area contributed by atoms with Crippen molar-refractivity contribution >= 4 is 0 Å². The van der Waals surface area contributed by atoms with Gasteiger partial charge in [0.15, 0.2) is 0 Å². The molecule has 4 aromatic carbocycles. The van der Waals surface area contributed by atoms with Crippen molar-refractivity contribution in [2.24, 2.45) is 0 Å². The van der Waals surface area contributed by atoms with Crippen molar-refractivity contribution in [2.45, 2.75) is 5.92 Å². The van der Waals surface area contributed by atoms with Crippen LogP contribution in [0.25, 0.3) is 11.1 Å². The molecule has 4 aromatic rings. The lowest BCUT2D eigenvalue weighted by Gasteiger charge is -2.25. The summed E-state index contributed by atoms with van der Waals surface area (Å²) in [6.07, 6.45) is 21.9. The van der Waals surface area contributed by atoms with E-state index in [1.54, 1.807) is 12.1 Å². The van der Waals surface area contributed by atoms with Gasteiger partial charge in [-0.15, -0.1) is 25.7 Å². The van der Waals surface area contributed by atoms with Gasteiger partial charge in [0, 0.05) is 29.2 Å². The van der Waals surface area contributed by atoms with E-state index in [0.29, 0.717) is 23.0 Å². The van der Waals surface area contributed by atoms with Gasteiger partial charge in [-0.1, -0.05) is 90.4 Å². The highest BCUT2D eigenvalue weighted by Crippen LogP contribution is 2.44. The number of ether oxygens (including phenoxy) is 4. The van der Waals surface area contributed by atoms with E-state index in [1.165, 1.54) is 0 Å². The second-order valence-corrected chi connectivity index (χ2v) is 8.79. The third-order valence-corrected chi connectivity index (χ3v) is 6.21. The molecule has 0 aromatic heterocycles. The zero-order valence-corrected chi connectivity index (χ0v) is 22.5. The van der Waals surface area contributed by atoms with E-state index in [4.69, 9.17) is 44.6 Å². The van der Waals surface area contributed by atoms with Crippen molar-refractivity contribution in [3.8, 4) is 83.5 Å². The minimum atomic E-state index is -0.330. The van der Waals surface area contributed by atoms with Crippen LogP contribution in [0.2, 0.25) is 0 Å². The smallest absolute Gasteiger partial charge is 0.148 e. The summed E-state index contributed by atoms with van der Waals surface area (Å²) in [4.78, 5) is 0. The van der Waals surface area contributed by atoms with Crippen molar-refractivity contribution in [1.82, 2.24) is 0 Å². The first-order valence-electron chi connectivity index (χ1n) is 12.9. The molecule has 200 valence electrons. The molecule has 4 heteroatoms. The molecule has 0 heterocycles. The normalized spacial score (nSPS) is 9.98. The Morgan fingerprint density at radius 2 is 0.927 bits per heavy atom. The fraction of sp³-hybridized carbons (Fsp3) is 0.135. The molecule has 0 bridgehead atoms. The van der Waals surface area contributed by atoms with Crippen LogP contribution in [0.4, 0.5) is 0 Å². The Morgan fingerprint density at radius 3 is 1.39 bits per heavy atom. The Labute approximate surface area is 242 Å². The zero-order valence-electron chi connectivity index (χ0n) is 22.5. The molecule has 0 saturated carbocycles. The number of hydrogen-bond acceptors (Lipinski definition) is 4. The van der Waals surface area contributed by atoms with Crippen LogP contribution in [0.5, 0.6) is 23.0 Å². The van der Waals surface area contributed by atoms with Gasteiger partial charge in [0.1, 0.15) is 49.4 Å². The Hall–Kier alpha value is -5.68. The van der Waals surface area contributed by atoms with Gasteiger partial charge in [-0.05, 0) is 28.8 Å². The van der Waals surface area contributed by atoms with Crippen molar-refractivity contribution in [2.75, 3.05) is 26.4 Å². The van der Waals surface area contributed by atoms with Gasteiger partial charge in [0.05, 0.1) is 0 Å². The minimum absolute atomic E-state index is 0.0740. The van der Waals surface area contributed by atoms with Crippen LogP contribution in [0.3, 0.4) is 0 Å². The van der Waals surface area contributed by atoms with Gasteiger partial charge < -0.3 is 18.9 Å². The van der Waals surface area contributed by atoms with Crippen LogP contribution in [-0.4, -0.2) is 26.4 Å². The maximum atomic E-state index is 6.03. The van der Waals surface area contributed by atoms with Gasteiger partial charge in [-0.2, -0.15) is 0 Å². The highest BCUT2D eigenvalue weighted by molar-refractivity contribution is 5.65. The first-order chi connectivity index (χ1) is 20.2. The van der Waals surface area contributed by atoms with E-state index in [2.05, 4.69) is 60.1 Å². The molecule has 0 radical (unpaired) electrons. The molecule has 0 saturated heterocycles. The van der Waals surface area contributed by atoms with Gasteiger partial charge in [-0.25, -0.2) is 0 Å². The highest BCUT2D eigenvalue weighted by Gasteiger charge is 2.25. The molecule has 0 spiro atoms. The first-order valence-corrected chi connectivity index (χ1v) is 12.9. The minimum Gasteiger partial charge on any atom is -0.481 e. The molecule has 0 fully saturated rings. The van der Waals surface area contributed by atoms with Crippen LogP contribution in [-0.2, 0) is 0 Å². The second kappa shape index (κ2) is 14.5. The number of terminal acetylenes is 4. The number of benzene rings is 4. The maximum absolute atomic E-state index is 6.03. The summed E-state index contributed by atoms with van der Waals surface area (Å²) in [6, 6.07) is 29.7. The summed E-state index contributed by atoms with van der Waals surface area (Å²) in [5, 5.41) is 0. The number of hydrogen-bond donors (Lipinski definition) is 0. The second-order valence-electron chi connectivity index (χ2n) is 8.79. The molecular formula is C37H28O4. The van der Waals surface area contributed by atoms with Gasteiger partial charge >= 0.3 is 0 Å². The largest absolute Gasteiger partial charge is 0.481 e. The fourth-order valence-electron chi connectivity index (χ4n) is 4.45. The highest BCUT2D eigenvalue weighted by atomic mass is 16.5. The molecule has 4 nitrogen and oxygen atoms in total. The predicted octanol–water partition coefficient (Wildman–Crippen LogP) is 6.58. The van der Waals surface area contributed by atoms with Crippen LogP contribution in [0.1, 0.15) is 22.6 Å². The van der Waals surface area contributed by atoms with E-state index in [1.807, 2.05) is 42.5 Å². The van der Waals surface area contributed by atoms with E-state index in [-0.39, 0.29) is 32.3 Å². The summed E-state index contributed by atoms with van der Waals surface area (Å²) in [7, 11) is 0. The van der Waals surface area contributed by atoms with E-state index < -0.39 is 0 Å². The quantitative estimate of drug-likeness (QED) is 0.151. The summed E-state index contributed by atoms with van der Waals surface area (Å²) in [6.45, 7) is 0.401. The lowest BCUT2D eigenvalue weighted by molar-refractivity contribution is 0.345. The lowest BCUT2D eigenvalue weighted by atomic mass is 9.83. The Bertz CT molecular complexity index is 1540. The van der Waals surface area contributed by atoms with Gasteiger partial charge in [0.25, 0.3) is 0 Å². The standard InChI is InChI=1S/C37H28O4/c1-5-22-38-31-18-20-33(35(26-31)40-24-7-3)37(30-16-14-29(15-17-30)28-12-10-9-11-13-28)34-21-19-32(39-23-6-2)27-36(34)41-25-8-4/h1-4,9-21,26-27,37H,22-25H2. The van der Waals surface area contributed by atoms with Crippen molar-refractivity contribution in [1.29, 1.82) is 0 Å². The molecule has 0 aliphatic rings. The topological polar surface area (TPSA) is 36.9 Å². The van der Waals surface area contributed by atoms with Crippen molar-refractivity contribution in [3.05, 3.63) is 108 Å². The predicted molar refractivity (Wildman–Crippen MR) is 163 cm³/mol. The molecule has 0 aliphatic carbocycles. The number of rotatable bonds is 12. The maximum Gasteiger partial charge on any atom is 0.148 e. The zero-order chi connectivity index (χ0) is 28.9. The van der Waals surface area contributed by atoms with Crippen LogP contribution >= 0.6 is 0 Å². The molecular weight excluding hydrogens is 508 g/mol. The summed E-state index contributed by atoms with van der Waals surface area (Å²) in [5.74, 6) is 12.0. The molecule has 0 amide bonds. The summed E-state index contributed by atoms with van der Waals surface area (Å²) < 4.78 is 23.4. The van der Waals surface area contributed by atoms with Crippen LogP contribution in [0.15, 0.2) is 91.0 Å². The Balaban J connectivity index is 1.89. The first kappa shape index (κ1) is 28.3. The van der Waals surface area contributed by atoms with E-state index in [9.17, 15) is 0 Å². The van der Waals surface area contributed by atoms with Crippen molar-refractivity contribution < 1.29 is 18.9 Å². The SMILES string of the molecule is C#CCOc1ccc(C(c2ccc(-c3ccccc3)cc2)c2ccc(OCC#C)cc2OCC#C)c(OCC#C)c1. The fourth-order valence-corrected chi connectivity index (χ4v) is 4.45. The summed E-state index contributed by atoms with van der Waals surface area (Å²) >= 11 is 0. The molecule has 0 atom stereocenters. The average Bonchev–Trinajstić information content (AvgIpc) is 3.02. The third kappa shape index (κ3) is 7.25. The molecule has 0 unspecified atom stereocenters. The molecule has 41 heavy (non-hydrogen) atoms. The lowest BCUT2D eigenvalue weighted by Crippen LogP contribution is -2.10. The Kier molecular flexibility index (Phi) is 10.00. The van der Waals surface area contributed by atoms with Gasteiger partial charge in [0.2, 0.25) is 0 Å². The van der Waals surface area contributed by atoms with Crippen molar-refractivity contribution in [3.63, 3.8) is 0 Å². The Morgan fingerprint density at radius 1 is 0.488 bits per heavy atom. The monoisotopic (exact) mass is 536 g/mol. The van der Waals surface area contributed by atoms with Gasteiger partial charge in [-0.3, -0.25) is 0 Å². The molecule has 0 N–H and O–H groups in total. The summed E-state index contributed by atoms with van der Waals surface area (Å²) in [5.41, 5.74) is 4.91. The van der Waals surface area contributed by atoms with Crippen LogP contribution < -0.4 is 18.9 Å². The van der Waals surface area contributed by atoms with Crippen LogP contribution in [0, 0.1) is 49.4 Å². The van der Waals surface area contributed by atoms with E-state index in [0.717, 1.165) is 27.8 Å². The third-order valence-electron chi connectivity index (χ3n) is 6.21. The van der Waals surface area contributed by atoms with E-state index >= 15 is 0 Å². The molecule has 0 aliphatic heterocycles.